The average Bonchev–Trinajstić information content (AvgIpc) is 3.26. The zero-order chi connectivity index (χ0) is 20.7. The summed E-state index contributed by atoms with van der Waals surface area (Å²) in [4.78, 5) is 28.5. The van der Waals surface area contributed by atoms with Gasteiger partial charge in [0.2, 0.25) is 10.9 Å². The number of amides is 2. The van der Waals surface area contributed by atoms with Crippen LogP contribution in [-0.2, 0) is 4.79 Å². The highest BCUT2D eigenvalue weighted by Gasteiger charge is 2.33. The Morgan fingerprint density at radius 3 is 2.73 bits per heavy atom. The molecule has 1 aliphatic heterocycles. The summed E-state index contributed by atoms with van der Waals surface area (Å²) in [6.07, 6.45) is 2.36. The van der Waals surface area contributed by atoms with Crippen LogP contribution < -0.4 is 0 Å². The van der Waals surface area contributed by atoms with Crippen LogP contribution in [-0.4, -0.2) is 43.1 Å². The molecule has 0 N–H and O–H groups in total. The molecule has 2 amide bonds. The van der Waals surface area contributed by atoms with Crippen LogP contribution in [0.1, 0.15) is 29.6 Å². The van der Waals surface area contributed by atoms with E-state index >= 15 is 0 Å². The molecule has 1 atom stereocenters. The second-order valence-electron chi connectivity index (χ2n) is 7.07. The number of hydrogen-bond donors (Lipinski definition) is 0. The number of para-hydroxylation sites is 1. The van der Waals surface area contributed by atoms with Gasteiger partial charge in [0.15, 0.2) is 5.16 Å². The second kappa shape index (κ2) is 8.02. The molecule has 152 valence electrons. The molecule has 5 rings (SSSR count). The largest absolute Gasteiger partial charge is 0.278 e. The molecule has 3 heterocycles. The topological polar surface area (TPSA) is 67.6 Å². The summed E-state index contributed by atoms with van der Waals surface area (Å²) in [7, 11) is 0. The number of likely N-dealkylation sites (tertiary alicyclic amines) is 1. The third kappa shape index (κ3) is 3.49. The van der Waals surface area contributed by atoms with Gasteiger partial charge in [-0.05, 0) is 49.2 Å². The minimum Gasteiger partial charge on any atom is -0.278 e. The van der Waals surface area contributed by atoms with Gasteiger partial charge in [-0.15, -0.1) is 10.2 Å². The third-order valence-corrected chi connectivity index (χ3v) is 7.60. The van der Waals surface area contributed by atoms with Crippen molar-refractivity contribution < 1.29 is 9.59 Å². The Hall–Kier alpha value is -2.42. The molecule has 0 radical (unpaired) electrons. The number of thioether (sulfide) groups is 1. The minimum atomic E-state index is -0.380. The highest BCUT2D eigenvalue weighted by atomic mass is 35.5. The van der Waals surface area contributed by atoms with Crippen LogP contribution in [0.25, 0.3) is 15.2 Å². The Kier molecular flexibility index (Phi) is 5.22. The molecule has 9 heteroatoms. The Morgan fingerprint density at radius 1 is 1.10 bits per heavy atom. The van der Waals surface area contributed by atoms with E-state index in [1.807, 2.05) is 28.7 Å². The first-order chi connectivity index (χ1) is 14.6. The molecule has 1 aliphatic rings. The first-order valence-electron chi connectivity index (χ1n) is 9.62. The maximum atomic E-state index is 13.3. The predicted octanol–water partition coefficient (Wildman–Crippen LogP) is 4.91. The van der Waals surface area contributed by atoms with E-state index in [1.165, 1.54) is 16.7 Å². The molecular formula is C21H17ClN4O2S2. The number of halogens is 1. The fourth-order valence-corrected chi connectivity index (χ4v) is 5.92. The number of nitrogens with zero attached hydrogens (tertiary/aromatic N) is 4. The maximum absolute atomic E-state index is 13.3. The molecule has 2 aromatic carbocycles. The summed E-state index contributed by atoms with van der Waals surface area (Å²) in [5.74, 6) is -0.453. The van der Waals surface area contributed by atoms with E-state index in [9.17, 15) is 9.59 Å². The van der Waals surface area contributed by atoms with Crippen molar-refractivity contribution in [2.45, 2.75) is 29.7 Å². The zero-order valence-electron chi connectivity index (χ0n) is 15.8. The van der Waals surface area contributed by atoms with Crippen molar-refractivity contribution in [3.8, 4) is 0 Å². The van der Waals surface area contributed by atoms with Crippen LogP contribution in [0.15, 0.2) is 53.7 Å². The number of thiazole rings is 1. The molecule has 1 unspecified atom stereocenters. The van der Waals surface area contributed by atoms with Gasteiger partial charge in [0.05, 0.1) is 15.5 Å². The number of rotatable bonds is 3. The van der Waals surface area contributed by atoms with E-state index in [1.54, 1.807) is 35.6 Å². The first kappa shape index (κ1) is 19.5. The second-order valence-corrected chi connectivity index (χ2v) is 9.69. The average molecular weight is 457 g/mol. The van der Waals surface area contributed by atoms with Crippen LogP contribution in [0.5, 0.6) is 0 Å². The Morgan fingerprint density at radius 2 is 1.90 bits per heavy atom. The van der Waals surface area contributed by atoms with Crippen molar-refractivity contribution in [3.63, 3.8) is 0 Å². The Bertz CT molecular complexity index is 1250. The summed E-state index contributed by atoms with van der Waals surface area (Å²) in [5.41, 5.74) is 1.49. The van der Waals surface area contributed by atoms with Gasteiger partial charge < -0.3 is 0 Å². The highest BCUT2D eigenvalue weighted by Crippen LogP contribution is 2.34. The molecule has 4 aromatic rings. The van der Waals surface area contributed by atoms with E-state index < -0.39 is 0 Å². The van der Waals surface area contributed by atoms with Crippen molar-refractivity contribution in [1.82, 2.24) is 19.5 Å². The van der Waals surface area contributed by atoms with Gasteiger partial charge in [-0.25, -0.2) is 0 Å². The van der Waals surface area contributed by atoms with Gasteiger partial charge in [-0.1, -0.05) is 53.3 Å². The van der Waals surface area contributed by atoms with Crippen molar-refractivity contribution in [3.05, 3.63) is 59.1 Å². The number of carbonyl (C=O) groups excluding carboxylic acids is 2. The van der Waals surface area contributed by atoms with Crippen LogP contribution in [0, 0.1) is 0 Å². The predicted molar refractivity (Wildman–Crippen MR) is 119 cm³/mol. The van der Waals surface area contributed by atoms with Gasteiger partial charge in [0.25, 0.3) is 5.91 Å². The van der Waals surface area contributed by atoms with Gasteiger partial charge in [-0.2, -0.15) is 0 Å². The standard InChI is InChI=1S/C21H17ClN4O2S2/c22-14-10-8-13(9-11-14)18(27)25-12-4-3-7-17(19(25)28)30-21-24-23-20-26(21)15-5-1-2-6-16(15)29-20/h1-2,5-6,8-11,17H,3-4,7,12H2. The number of imide groups is 1. The van der Waals surface area contributed by atoms with E-state index in [-0.39, 0.29) is 17.1 Å². The van der Waals surface area contributed by atoms with E-state index in [2.05, 4.69) is 10.2 Å². The summed E-state index contributed by atoms with van der Waals surface area (Å²) in [6.45, 7) is 0.425. The summed E-state index contributed by atoms with van der Waals surface area (Å²) < 4.78 is 3.12. The van der Waals surface area contributed by atoms with E-state index in [0.717, 1.165) is 28.0 Å². The van der Waals surface area contributed by atoms with Gasteiger partial charge in [0, 0.05) is 17.1 Å². The molecule has 2 aromatic heterocycles. The molecule has 0 spiro atoms. The lowest BCUT2D eigenvalue weighted by atomic mass is 10.2. The van der Waals surface area contributed by atoms with Crippen molar-refractivity contribution >= 4 is 61.7 Å². The Balaban J connectivity index is 1.44. The molecular weight excluding hydrogens is 440 g/mol. The molecule has 0 saturated carbocycles. The molecule has 6 nitrogen and oxygen atoms in total. The van der Waals surface area contributed by atoms with Crippen molar-refractivity contribution in [2.75, 3.05) is 6.54 Å². The van der Waals surface area contributed by atoms with Gasteiger partial charge in [-0.3, -0.25) is 18.9 Å². The maximum Gasteiger partial charge on any atom is 0.260 e. The van der Waals surface area contributed by atoms with Crippen molar-refractivity contribution in [1.29, 1.82) is 0 Å². The van der Waals surface area contributed by atoms with Crippen LogP contribution in [0.3, 0.4) is 0 Å². The van der Waals surface area contributed by atoms with Crippen LogP contribution in [0.2, 0.25) is 5.02 Å². The van der Waals surface area contributed by atoms with Crippen LogP contribution >= 0.6 is 34.7 Å². The third-order valence-electron chi connectivity index (χ3n) is 5.13. The van der Waals surface area contributed by atoms with E-state index in [4.69, 9.17) is 11.6 Å². The SMILES string of the molecule is O=C(c1ccc(Cl)cc1)N1CCCCC(Sc2nnc3sc4ccccc4n23)C1=O. The number of fused-ring (bicyclic) bond motifs is 3. The van der Waals surface area contributed by atoms with Gasteiger partial charge in [0.1, 0.15) is 0 Å². The molecule has 0 bridgehead atoms. The lowest BCUT2D eigenvalue weighted by molar-refractivity contribution is -0.127. The number of carbonyl (C=O) groups is 2. The summed E-state index contributed by atoms with van der Waals surface area (Å²) in [5, 5.41) is 9.46. The highest BCUT2D eigenvalue weighted by molar-refractivity contribution is 8.00. The minimum absolute atomic E-state index is 0.172. The van der Waals surface area contributed by atoms with Crippen LogP contribution in [0.4, 0.5) is 0 Å². The molecule has 30 heavy (non-hydrogen) atoms. The fraction of sp³-hybridized carbons (Fsp3) is 0.238. The Labute approximate surface area is 185 Å². The number of benzene rings is 2. The number of aromatic nitrogens is 3. The summed E-state index contributed by atoms with van der Waals surface area (Å²) >= 11 is 8.89. The first-order valence-corrected chi connectivity index (χ1v) is 11.7. The monoisotopic (exact) mass is 456 g/mol. The molecule has 1 fully saturated rings. The number of hydrogen-bond acceptors (Lipinski definition) is 6. The quantitative estimate of drug-likeness (QED) is 0.410. The zero-order valence-corrected chi connectivity index (χ0v) is 18.2. The lowest BCUT2D eigenvalue weighted by Crippen LogP contribution is -2.41. The smallest absolute Gasteiger partial charge is 0.260 e. The molecule has 0 aliphatic carbocycles. The van der Waals surface area contributed by atoms with Gasteiger partial charge >= 0.3 is 0 Å². The van der Waals surface area contributed by atoms with Crippen molar-refractivity contribution in [2.24, 2.45) is 0 Å². The van der Waals surface area contributed by atoms with E-state index in [0.29, 0.717) is 28.7 Å². The fourth-order valence-electron chi connectivity index (χ4n) is 3.63. The summed E-state index contributed by atoms with van der Waals surface area (Å²) in [6, 6.07) is 14.7. The molecule has 1 saturated heterocycles. The lowest BCUT2D eigenvalue weighted by Gasteiger charge is -2.22. The normalized spacial score (nSPS) is 17.6.